The Morgan fingerprint density at radius 3 is 1.30 bits per heavy atom. The van der Waals surface area contributed by atoms with Crippen molar-refractivity contribution < 1.29 is 19.1 Å². The van der Waals surface area contributed by atoms with Gasteiger partial charge in [-0.1, -0.05) is 41.5 Å². The largest absolute Gasteiger partial charge is 0.459 e. The lowest BCUT2D eigenvalue weighted by molar-refractivity contribution is -0.148. The molecule has 0 fully saturated rings. The molecule has 4 heteroatoms. The molecule has 0 aromatic carbocycles. The van der Waals surface area contributed by atoms with Crippen LogP contribution < -0.4 is 0 Å². The van der Waals surface area contributed by atoms with Crippen molar-refractivity contribution in [1.29, 1.82) is 0 Å². The fourth-order valence-electron chi connectivity index (χ4n) is 1.89. The molecule has 2 atom stereocenters. The van der Waals surface area contributed by atoms with Crippen molar-refractivity contribution in [3.63, 3.8) is 0 Å². The molecule has 0 rings (SSSR count). The van der Waals surface area contributed by atoms with Gasteiger partial charge in [-0.25, -0.2) is 9.59 Å². The predicted molar refractivity (Wildman–Crippen MR) is 79.2 cm³/mol. The summed E-state index contributed by atoms with van der Waals surface area (Å²) in [6.45, 7) is 11.9. The number of carbonyl (C=O) groups excluding carboxylic acids is 2. The SMILES string of the molecule is CCC(OC(=O)/C=C/C(=O)OC(CC)C(C)C)C(C)C. The summed E-state index contributed by atoms with van der Waals surface area (Å²) >= 11 is 0. The zero-order chi connectivity index (χ0) is 15.7. The summed E-state index contributed by atoms with van der Waals surface area (Å²) in [6.07, 6.45) is 3.55. The second kappa shape index (κ2) is 9.56. The van der Waals surface area contributed by atoms with Gasteiger partial charge in [0.05, 0.1) is 0 Å². The molecule has 0 aromatic rings. The Bertz CT molecular complexity index is 299. The van der Waals surface area contributed by atoms with Crippen LogP contribution in [0.2, 0.25) is 0 Å². The third-order valence-electron chi connectivity index (χ3n) is 3.18. The Hall–Kier alpha value is -1.32. The highest BCUT2D eigenvalue weighted by atomic mass is 16.5. The lowest BCUT2D eigenvalue weighted by atomic mass is 10.1. The van der Waals surface area contributed by atoms with Gasteiger partial charge in [-0.15, -0.1) is 0 Å². The van der Waals surface area contributed by atoms with Gasteiger partial charge in [-0.05, 0) is 24.7 Å². The van der Waals surface area contributed by atoms with E-state index in [1.807, 2.05) is 41.5 Å². The van der Waals surface area contributed by atoms with Crippen LogP contribution in [0, 0.1) is 11.8 Å². The van der Waals surface area contributed by atoms with Crippen LogP contribution in [0.25, 0.3) is 0 Å². The molecule has 116 valence electrons. The van der Waals surface area contributed by atoms with E-state index in [1.165, 1.54) is 0 Å². The van der Waals surface area contributed by atoms with Crippen LogP contribution in [0.1, 0.15) is 54.4 Å². The average molecular weight is 284 g/mol. The zero-order valence-electron chi connectivity index (χ0n) is 13.5. The van der Waals surface area contributed by atoms with Gasteiger partial charge < -0.3 is 9.47 Å². The molecular formula is C16H28O4. The Kier molecular flexibility index (Phi) is 8.93. The first-order valence-electron chi connectivity index (χ1n) is 7.41. The van der Waals surface area contributed by atoms with Gasteiger partial charge in [-0.3, -0.25) is 0 Å². The molecule has 0 saturated heterocycles. The maximum atomic E-state index is 11.6. The molecule has 0 amide bonds. The summed E-state index contributed by atoms with van der Waals surface area (Å²) in [5.41, 5.74) is 0. The van der Waals surface area contributed by atoms with E-state index in [1.54, 1.807) is 0 Å². The number of carbonyl (C=O) groups is 2. The van der Waals surface area contributed by atoms with Crippen LogP contribution in [-0.2, 0) is 19.1 Å². The molecule has 4 nitrogen and oxygen atoms in total. The Balaban J connectivity index is 4.34. The Morgan fingerprint density at radius 2 is 1.10 bits per heavy atom. The van der Waals surface area contributed by atoms with E-state index in [2.05, 4.69) is 0 Å². The topological polar surface area (TPSA) is 52.6 Å². The number of ether oxygens (including phenoxy) is 2. The highest BCUT2D eigenvalue weighted by Gasteiger charge is 2.16. The standard InChI is InChI=1S/C16H28O4/c1-7-13(11(3)4)19-15(17)9-10-16(18)20-14(8-2)12(5)6/h9-14H,7-8H2,1-6H3/b10-9+. The summed E-state index contributed by atoms with van der Waals surface area (Å²) < 4.78 is 10.5. The molecule has 2 unspecified atom stereocenters. The number of esters is 2. The van der Waals surface area contributed by atoms with E-state index in [4.69, 9.17) is 9.47 Å². The minimum absolute atomic E-state index is 0.123. The molecule has 0 spiro atoms. The first-order valence-corrected chi connectivity index (χ1v) is 7.41. The van der Waals surface area contributed by atoms with E-state index >= 15 is 0 Å². The van der Waals surface area contributed by atoms with Crippen LogP contribution in [-0.4, -0.2) is 24.1 Å². The number of hydrogen-bond acceptors (Lipinski definition) is 4. The van der Waals surface area contributed by atoms with Crippen molar-refractivity contribution >= 4 is 11.9 Å². The van der Waals surface area contributed by atoms with E-state index in [0.717, 1.165) is 25.0 Å². The molecule has 20 heavy (non-hydrogen) atoms. The highest BCUT2D eigenvalue weighted by molar-refractivity contribution is 5.91. The van der Waals surface area contributed by atoms with Gasteiger partial charge in [0, 0.05) is 12.2 Å². The van der Waals surface area contributed by atoms with E-state index in [9.17, 15) is 9.59 Å². The summed E-state index contributed by atoms with van der Waals surface area (Å²) in [5, 5.41) is 0. The lowest BCUT2D eigenvalue weighted by Gasteiger charge is -2.19. The zero-order valence-corrected chi connectivity index (χ0v) is 13.5. The van der Waals surface area contributed by atoms with Gasteiger partial charge in [0.1, 0.15) is 12.2 Å². The van der Waals surface area contributed by atoms with Crippen molar-refractivity contribution in [1.82, 2.24) is 0 Å². The van der Waals surface area contributed by atoms with Gasteiger partial charge in [0.25, 0.3) is 0 Å². The van der Waals surface area contributed by atoms with Crippen molar-refractivity contribution in [3.8, 4) is 0 Å². The summed E-state index contributed by atoms with van der Waals surface area (Å²) in [6, 6.07) is 0. The van der Waals surface area contributed by atoms with Crippen LogP contribution in [0.4, 0.5) is 0 Å². The van der Waals surface area contributed by atoms with Crippen molar-refractivity contribution in [2.75, 3.05) is 0 Å². The van der Waals surface area contributed by atoms with E-state index < -0.39 is 11.9 Å². The fourth-order valence-corrected chi connectivity index (χ4v) is 1.89. The fraction of sp³-hybridized carbons (Fsp3) is 0.750. The minimum atomic E-state index is -0.500. The smallest absolute Gasteiger partial charge is 0.331 e. The van der Waals surface area contributed by atoms with E-state index in [0.29, 0.717) is 0 Å². The van der Waals surface area contributed by atoms with Crippen LogP contribution in [0.3, 0.4) is 0 Å². The van der Waals surface area contributed by atoms with Gasteiger partial charge in [0.2, 0.25) is 0 Å². The van der Waals surface area contributed by atoms with Crippen LogP contribution in [0.5, 0.6) is 0 Å². The third kappa shape index (κ3) is 7.31. The molecule has 0 N–H and O–H groups in total. The molecule has 0 heterocycles. The van der Waals surface area contributed by atoms with Crippen molar-refractivity contribution in [2.24, 2.45) is 11.8 Å². The Morgan fingerprint density at radius 1 is 0.800 bits per heavy atom. The maximum Gasteiger partial charge on any atom is 0.331 e. The minimum Gasteiger partial charge on any atom is -0.459 e. The van der Waals surface area contributed by atoms with Gasteiger partial charge >= 0.3 is 11.9 Å². The van der Waals surface area contributed by atoms with Crippen molar-refractivity contribution in [3.05, 3.63) is 12.2 Å². The first kappa shape index (κ1) is 18.7. The second-order valence-corrected chi connectivity index (χ2v) is 5.59. The molecule has 0 aliphatic heterocycles. The monoisotopic (exact) mass is 284 g/mol. The average Bonchev–Trinajstić information content (AvgIpc) is 2.38. The van der Waals surface area contributed by atoms with E-state index in [-0.39, 0.29) is 24.0 Å². The number of rotatable bonds is 8. The molecule has 0 aromatic heterocycles. The van der Waals surface area contributed by atoms with Crippen molar-refractivity contribution in [2.45, 2.75) is 66.6 Å². The number of hydrogen-bond donors (Lipinski definition) is 0. The van der Waals surface area contributed by atoms with Gasteiger partial charge in [0.15, 0.2) is 0 Å². The molecular weight excluding hydrogens is 256 g/mol. The highest BCUT2D eigenvalue weighted by Crippen LogP contribution is 2.12. The quantitative estimate of drug-likeness (QED) is 0.505. The second-order valence-electron chi connectivity index (χ2n) is 5.59. The molecule has 0 aliphatic rings. The predicted octanol–water partition coefficient (Wildman–Crippen LogP) is 3.50. The van der Waals surface area contributed by atoms with Gasteiger partial charge in [-0.2, -0.15) is 0 Å². The normalized spacial score (nSPS) is 14.6. The maximum absolute atomic E-state index is 11.6. The Labute approximate surface area is 122 Å². The summed E-state index contributed by atoms with van der Waals surface area (Å²) in [4.78, 5) is 23.2. The summed E-state index contributed by atoms with van der Waals surface area (Å²) in [5.74, 6) is -0.482. The van der Waals surface area contributed by atoms with Crippen LogP contribution in [0.15, 0.2) is 12.2 Å². The third-order valence-corrected chi connectivity index (χ3v) is 3.18. The van der Waals surface area contributed by atoms with Crippen LogP contribution >= 0.6 is 0 Å². The first-order chi connectivity index (χ1) is 9.31. The molecule has 0 radical (unpaired) electrons. The molecule has 0 saturated carbocycles. The molecule has 0 bridgehead atoms. The molecule has 0 aliphatic carbocycles. The summed E-state index contributed by atoms with van der Waals surface area (Å²) in [7, 11) is 0. The lowest BCUT2D eigenvalue weighted by Crippen LogP contribution is -2.23.